The monoisotopic (exact) mass is 959 g/mol. The lowest BCUT2D eigenvalue weighted by Crippen LogP contribution is -2.36. The van der Waals surface area contributed by atoms with E-state index in [1.165, 1.54) is 5.69 Å². The van der Waals surface area contributed by atoms with Crippen molar-refractivity contribution in [3.8, 4) is 11.8 Å². The van der Waals surface area contributed by atoms with Crippen molar-refractivity contribution >= 4 is 30.8 Å². The minimum atomic E-state index is -0.284. The molecule has 2 aromatic heterocycles. The second-order valence-electron chi connectivity index (χ2n) is 15.4. The van der Waals surface area contributed by atoms with Gasteiger partial charge in [0.2, 0.25) is 0 Å². The van der Waals surface area contributed by atoms with E-state index >= 15 is 0 Å². The summed E-state index contributed by atoms with van der Waals surface area (Å²) in [6.45, 7) is 10.7. The summed E-state index contributed by atoms with van der Waals surface area (Å²) < 4.78 is 23.6. The van der Waals surface area contributed by atoms with Gasteiger partial charge in [0, 0.05) is 83.1 Å². The number of aromatic nitrogens is 2. The highest BCUT2D eigenvalue weighted by Gasteiger charge is 2.24. The van der Waals surface area contributed by atoms with Crippen molar-refractivity contribution < 1.29 is 43.2 Å². The first-order valence-corrected chi connectivity index (χ1v) is 23.5. The molecule has 1 saturated heterocycles. The molecule has 15 nitrogen and oxygen atoms in total. The Morgan fingerprint density at radius 1 is 0.657 bits per heavy atom. The molecule has 15 heteroatoms. The second kappa shape index (κ2) is 36.6. The van der Waals surface area contributed by atoms with Gasteiger partial charge in [0.25, 0.3) is 0 Å². The van der Waals surface area contributed by atoms with Gasteiger partial charge in [-0.15, -0.1) is 0 Å². The number of nitrogens with one attached hydrogen (secondary N) is 1. The first-order chi connectivity index (χ1) is 34.4. The van der Waals surface area contributed by atoms with Crippen molar-refractivity contribution in [3.05, 3.63) is 160 Å². The van der Waals surface area contributed by atoms with E-state index in [1.807, 2.05) is 79.8 Å². The van der Waals surface area contributed by atoms with E-state index in [1.54, 1.807) is 24.3 Å². The molecule has 0 aliphatic carbocycles. The molecule has 0 bridgehead atoms. The van der Waals surface area contributed by atoms with Crippen LogP contribution in [0.15, 0.2) is 115 Å². The van der Waals surface area contributed by atoms with Gasteiger partial charge in [-0.3, -0.25) is 24.2 Å². The zero-order chi connectivity index (χ0) is 50.4. The number of pyridine rings is 2. The quantitative estimate of drug-likeness (QED) is 0.0820. The molecule has 3 heterocycles. The van der Waals surface area contributed by atoms with Crippen molar-refractivity contribution in [2.45, 2.75) is 25.9 Å². The number of hydrogen-bond donors (Lipinski definition) is 2. The number of aliphatic hydroxyl groups is 1. The lowest BCUT2D eigenvalue weighted by atomic mass is 9.99. The van der Waals surface area contributed by atoms with Crippen molar-refractivity contribution in [3.63, 3.8) is 0 Å². The first-order valence-electron chi connectivity index (χ1n) is 23.5. The summed E-state index contributed by atoms with van der Waals surface area (Å²) in [6.07, 6.45) is 3.83. The number of anilines is 1. The zero-order valence-electron chi connectivity index (χ0n) is 41.1. The molecular weight excluding hydrogens is 889 g/mol. The van der Waals surface area contributed by atoms with E-state index in [0.29, 0.717) is 109 Å². The third kappa shape index (κ3) is 22.4. The summed E-state index contributed by atoms with van der Waals surface area (Å²) >= 11 is 0. The summed E-state index contributed by atoms with van der Waals surface area (Å²) in [5.41, 5.74) is 7.14. The Labute approximate surface area is 414 Å². The average Bonchev–Trinajstić information content (AvgIpc) is 3.42. The maximum atomic E-state index is 11.5. The number of nitrogens with zero attached hydrogens (tertiary/aromatic N) is 5. The second-order valence-corrected chi connectivity index (χ2v) is 15.4. The molecule has 1 atom stereocenters. The van der Waals surface area contributed by atoms with E-state index in [4.69, 9.17) is 24.1 Å². The summed E-state index contributed by atoms with van der Waals surface area (Å²) in [5, 5.41) is 9.84. The van der Waals surface area contributed by atoms with Crippen LogP contribution in [0.4, 0.5) is 5.69 Å². The van der Waals surface area contributed by atoms with Gasteiger partial charge in [-0.2, -0.15) is 0 Å². The fourth-order valence-corrected chi connectivity index (χ4v) is 6.87. The van der Waals surface area contributed by atoms with E-state index in [9.17, 15) is 19.2 Å². The molecule has 6 rings (SSSR count). The molecular formula is C55H70N6O9. The van der Waals surface area contributed by atoms with Crippen LogP contribution in [0.5, 0.6) is 0 Å². The third-order valence-corrected chi connectivity index (χ3v) is 10.6. The fourth-order valence-electron chi connectivity index (χ4n) is 6.87. The number of para-hydroxylation sites is 1. The van der Waals surface area contributed by atoms with Crippen molar-refractivity contribution in [2.75, 3.05) is 118 Å². The lowest BCUT2D eigenvalue weighted by Gasteiger charge is -2.32. The fraction of sp³-hybridized carbons (Fsp3) is 0.382. The molecule has 0 spiro atoms. The van der Waals surface area contributed by atoms with Gasteiger partial charge in [0.15, 0.2) is 12.6 Å². The van der Waals surface area contributed by atoms with Gasteiger partial charge in [0.1, 0.15) is 24.0 Å². The van der Waals surface area contributed by atoms with Gasteiger partial charge in [-0.1, -0.05) is 78.6 Å². The summed E-state index contributed by atoms with van der Waals surface area (Å²) in [5.74, 6) is 6.46. The van der Waals surface area contributed by atoms with Crippen LogP contribution in [0.25, 0.3) is 0 Å². The van der Waals surface area contributed by atoms with Crippen molar-refractivity contribution in [2.24, 2.45) is 0 Å². The third-order valence-electron chi connectivity index (χ3n) is 10.6. The molecule has 0 amide bonds. The van der Waals surface area contributed by atoms with E-state index < -0.39 is 0 Å². The molecule has 1 fully saturated rings. The van der Waals surface area contributed by atoms with Gasteiger partial charge < -0.3 is 39.1 Å². The normalized spacial score (nSPS) is 14.5. The summed E-state index contributed by atoms with van der Waals surface area (Å²) in [4.78, 5) is 59.0. The highest BCUT2D eigenvalue weighted by atomic mass is 16.5. The SMILES string of the molecule is CCN(C)c1ccccc1C#Cc1ccccc1.CNCCC=O.CO.O=Cc1ccc(C(c2cccc(C=O)n2)N2CCOCCOCCN(Cc3cccc(C=O)n3)CCOCCOCC2)cc1. The number of benzene rings is 3. The Morgan fingerprint density at radius 3 is 1.79 bits per heavy atom. The van der Waals surface area contributed by atoms with Crippen molar-refractivity contribution in [1.82, 2.24) is 25.1 Å². The topological polar surface area (TPSA) is 173 Å². The Kier molecular flexibility index (Phi) is 30.4. The van der Waals surface area contributed by atoms with Crippen molar-refractivity contribution in [1.29, 1.82) is 0 Å². The van der Waals surface area contributed by atoms with E-state index in [2.05, 4.69) is 74.0 Å². The van der Waals surface area contributed by atoms with Gasteiger partial charge in [-0.05, 0) is 68.1 Å². The van der Waals surface area contributed by atoms with Gasteiger partial charge in [-0.25, -0.2) is 9.97 Å². The predicted molar refractivity (Wildman–Crippen MR) is 274 cm³/mol. The average molecular weight is 959 g/mol. The van der Waals surface area contributed by atoms with E-state index in [0.717, 1.165) is 73.4 Å². The molecule has 2 N–H and O–H groups in total. The van der Waals surface area contributed by atoms with Crippen LogP contribution < -0.4 is 10.2 Å². The Hall–Kier alpha value is -6.32. The van der Waals surface area contributed by atoms with Crippen LogP contribution >= 0.6 is 0 Å². The number of carbonyl (C=O) groups excluding carboxylic acids is 4. The number of aliphatic hydroxyl groups excluding tert-OH is 1. The molecule has 0 radical (unpaired) electrons. The van der Waals surface area contributed by atoms with Crippen LogP contribution in [-0.2, 0) is 30.3 Å². The molecule has 1 aliphatic heterocycles. The minimum Gasteiger partial charge on any atom is -0.400 e. The highest BCUT2D eigenvalue weighted by Crippen LogP contribution is 2.28. The number of rotatable bonds is 13. The van der Waals surface area contributed by atoms with Gasteiger partial charge in [0.05, 0.1) is 76.0 Å². The molecule has 0 saturated carbocycles. The molecule has 3 aromatic carbocycles. The zero-order valence-corrected chi connectivity index (χ0v) is 41.1. The predicted octanol–water partition coefficient (Wildman–Crippen LogP) is 5.83. The Balaban J connectivity index is 0.000000408. The molecule has 1 aliphatic rings. The lowest BCUT2D eigenvalue weighted by molar-refractivity contribution is -0.107. The maximum absolute atomic E-state index is 11.5. The standard InChI is InChI=1S/C33H40N4O7.C17H17N.C4H9NO.CH4O/c38-24-27-7-9-28(10-8-27)33(32-6-2-5-31(26-40)35-32)37-13-17-43-21-19-41-15-11-36(12-16-42-20-22-44-18-14-37)23-29-3-1-4-30(25-39)34-29;1-3-18(2)17-12-8-7-11-16(17)14-13-15-9-5-4-6-10-15;1-5-3-2-4-6;1-2/h1-10,24-26,33H,11-23H2;4-12H,3H2,1-2H3;4-5H,2-3H2,1H3;2H,1H3. The van der Waals surface area contributed by atoms with Crippen LogP contribution in [0, 0.1) is 11.8 Å². The first kappa shape index (κ1) is 58.0. The Morgan fingerprint density at radius 2 is 1.23 bits per heavy atom. The largest absolute Gasteiger partial charge is 0.400 e. The molecule has 70 heavy (non-hydrogen) atoms. The molecule has 1 unspecified atom stereocenters. The number of hydrogen-bond acceptors (Lipinski definition) is 15. The van der Waals surface area contributed by atoms with Crippen LogP contribution in [-0.4, -0.2) is 163 Å². The summed E-state index contributed by atoms with van der Waals surface area (Å²) in [6, 6.07) is 36.3. The number of ether oxygens (including phenoxy) is 4. The van der Waals surface area contributed by atoms with Crippen LogP contribution in [0.2, 0.25) is 0 Å². The van der Waals surface area contributed by atoms with E-state index in [-0.39, 0.29) is 6.04 Å². The van der Waals surface area contributed by atoms with Gasteiger partial charge >= 0.3 is 0 Å². The van der Waals surface area contributed by atoms with Crippen LogP contribution in [0.1, 0.15) is 78.8 Å². The van der Waals surface area contributed by atoms with Crippen LogP contribution in [0.3, 0.4) is 0 Å². The Bertz CT molecular complexity index is 2250. The number of carbonyl (C=O) groups is 4. The smallest absolute Gasteiger partial charge is 0.168 e. The molecule has 374 valence electrons. The maximum Gasteiger partial charge on any atom is 0.168 e. The molecule has 5 aromatic rings. The number of aldehydes is 4. The minimum absolute atomic E-state index is 0.284. The summed E-state index contributed by atoms with van der Waals surface area (Å²) in [7, 11) is 4.91. The highest BCUT2D eigenvalue weighted by molar-refractivity contribution is 5.75.